The molecule has 4 nitrogen and oxygen atoms in total. The highest BCUT2D eigenvalue weighted by molar-refractivity contribution is 5.77. The van der Waals surface area contributed by atoms with E-state index in [0.29, 0.717) is 5.96 Å². The average molecular weight is 240 g/mol. The summed E-state index contributed by atoms with van der Waals surface area (Å²) >= 11 is 0. The third-order valence-corrected chi connectivity index (χ3v) is 3.52. The molecule has 3 N–H and O–H groups in total. The fourth-order valence-corrected chi connectivity index (χ4v) is 2.28. The monoisotopic (exact) mass is 240 g/mol. The van der Waals surface area contributed by atoms with Crippen LogP contribution >= 0.6 is 0 Å². The van der Waals surface area contributed by atoms with Crippen molar-refractivity contribution in [3.8, 4) is 0 Å². The van der Waals surface area contributed by atoms with E-state index >= 15 is 0 Å². The second-order valence-electron chi connectivity index (χ2n) is 4.86. The minimum atomic E-state index is 0.609. The van der Waals surface area contributed by atoms with Gasteiger partial charge in [0, 0.05) is 13.1 Å². The Bertz CT molecular complexity index is 219. The van der Waals surface area contributed by atoms with E-state index in [-0.39, 0.29) is 0 Å². The molecule has 1 aliphatic rings. The molecule has 0 radical (unpaired) electrons. The number of nitrogens with two attached hydrogens (primary N) is 1. The summed E-state index contributed by atoms with van der Waals surface area (Å²) < 4.78 is 0. The summed E-state index contributed by atoms with van der Waals surface area (Å²) in [5, 5.41) is 3.20. The van der Waals surface area contributed by atoms with E-state index in [4.69, 9.17) is 5.73 Å². The maximum absolute atomic E-state index is 5.75. The predicted octanol–water partition coefficient (Wildman–Crippen LogP) is 1.42. The molecule has 1 heterocycles. The molecule has 0 bridgehead atoms. The van der Waals surface area contributed by atoms with Gasteiger partial charge in [0.25, 0.3) is 0 Å². The normalized spacial score (nSPS) is 19.5. The first kappa shape index (κ1) is 14.3. The van der Waals surface area contributed by atoms with Crippen LogP contribution in [0.3, 0.4) is 0 Å². The fraction of sp³-hybridized carbons (Fsp3) is 0.923. The number of aliphatic imine (C=N–C) groups is 1. The molecule has 1 rings (SSSR count). The Kier molecular flexibility index (Phi) is 7.01. The van der Waals surface area contributed by atoms with Crippen molar-refractivity contribution in [2.75, 3.05) is 32.7 Å². The summed E-state index contributed by atoms with van der Waals surface area (Å²) in [5.74, 6) is 1.47. The minimum absolute atomic E-state index is 0.609. The summed E-state index contributed by atoms with van der Waals surface area (Å²) in [6.07, 6.45) is 4.95. The van der Waals surface area contributed by atoms with Crippen molar-refractivity contribution in [1.82, 2.24) is 10.2 Å². The Hall–Kier alpha value is -0.770. The van der Waals surface area contributed by atoms with Gasteiger partial charge in [-0.3, -0.25) is 4.99 Å². The molecule has 0 aliphatic carbocycles. The van der Waals surface area contributed by atoms with Gasteiger partial charge in [0.05, 0.1) is 0 Å². The molecule has 100 valence electrons. The Morgan fingerprint density at radius 2 is 2.06 bits per heavy atom. The lowest BCUT2D eigenvalue weighted by atomic mass is 9.93. The topological polar surface area (TPSA) is 53.6 Å². The molecule has 0 amide bonds. The lowest BCUT2D eigenvalue weighted by Gasteiger charge is -2.31. The van der Waals surface area contributed by atoms with Crippen molar-refractivity contribution in [2.24, 2.45) is 16.6 Å². The van der Waals surface area contributed by atoms with Gasteiger partial charge >= 0.3 is 0 Å². The largest absolute Gasteiger partial charge is 0.370 e. The lowest BCUT2D eigenvalue weighted by molar-refractivity contribution is 0.187. The van der Waals surface area contributed by atoms with E-state index in [9.17, 15) is 0 Å². The maximum atomic E-state index is 5.75. The van der Waals surface area contributed by atoms with Gasteiger partial charge in [0.2, 0.25) is 0 Å². The average Bonchev–Trinajstić information content (AvgIpc) is 2.37. The van der Waals surface area contributed by atoms with Gasteiger partial charge in [-0.1, -0.05) is 13.8 Å². The number of nitrogens with one attached hydrogen (secondary N) is 1. The van der Waals surface area contributed by atoms with E-state index in [1.54, 1.807) is 0 Å². The van der Waals surface area contributed by atoms with Crippen molar-refractivity contribution in [1.29, 1.82) is 0 Å². The maximum Gasteiger partial charge on any atom is 0.188 e. The summed E-state index contributed by atoms with van der Waals surface area (Å²) in [4.78, 5) is 6.75. The summed E-state index contributed by atoms with van der Waals surface area (Å²) in [6.45, 7) is 9.87. The molecule has 0 aromatic rings. The molecule has 1 saturated heterocycles. The van der Waals surface area contributed by atoms with Gasteiger partial charge in [-0.15, -0.1) is 0 Å². The van der Waals surface area contributed by atoms with Crippen LogP contribution in [-0.4, -0.2) is 43.6 Å². The van der Waals surface area contributed by atoms with Crippen LogP contribution in [0.4, 0.5) is 0 Å². The number of likely N-dealkylation sites (tertiary alicyclic amines) is 1. The zero-order valence-electron chi connectivity index (χ0n) is 11.4. The highest BCUT2D eigenvalue weighted by Crippen LogP contribution is 2.19. The van der Waals surface area contributed by atoms with Gasteiger partial charge < -0.3 is 16.0 Å². The first-order valence-corrected chi connectivity index (χ1v) is 7.02. The smallest absolute Gasteiger partial charge is 0.188 e. The molecule has 0 aromatic carbocycles. The van der Waals surface area contributed by atoms with Crippen molar-refractivity contribution in [3.05, 3.63) is 0 Å². The van der Waals surface area contributed by atoms with Gasteiger partial charge in [-0.2, -0.15) is 0 Å². The van der Waals surface area contributed by atoms with E-state index in [0.717, 1.165) is 25.4 Å². The second-order valence-corrected chi connectivity index (χ2v) is 4.86. The first-order chi connectivity index (χ1) is 8.26. The zero-order valence-corrected chi connectivity index (χ0v) is 11.4. The van der Waals surface area contributed by atoms with Crippen molar-refractivity contribution in [2.45, 2.75) is 39.5 Å². The van der Waals surface area contributed by atoms with Crippen LogP contribution in [0.25, 0.3) is 0 Å². The molecular weight excluding hydrogens is 212 g/mol. The zero-order chi connectivity index (χ0) is 12.5. The highest BCUT2D eigenvalue weighted by atomic mass is 15.1. The van der Waals surface area contributed by atoms with E-state index in [1.807, 2.05) is 0 Å². The van der Waals surface area contributed by atoms with Crippen LogP contribution in [0.2, 0.25) is 0 Å². The Labute approximate surface area is 106 Å². The van der Waals surface area contributed by atoms with Gasteiger partial charge in [-0.25, -0.2) is 0 Å². The molecule has 0 spiro atoms. The number of hydrogen-bond acceptors (Lipinski definition) is 2. The molecule has 4 heteroatoms. The van der Waals surface area contributed by atoms with Crippen LogP contribution < -0.4 is 11.1 Å². The summed E-state index contributed by atoms with van der Waals surface area (Å²) in [6, 6.07) is 0. The number of piperidine rings is 1. The molecule has 0 unspecified atom stereocenters. The van der Waals surface area contributed by atoms with Gasteiger partial charge in [-0.05, 0) is 51.2 Å². The molecule has 17 heavy (non-hydrogen) atoms. The van der Waals surface area contributed by atoms with Gasteiger partial charge in [0.15, 0.2) is 5.96 Å². The van der Waals surface area contributed by atoms with Crippen molar-refractivity contribution >= 4 is 5.96 Å². The van der Waals surface area contributed by atoms with E-state index in [2.05, 4.69) is 29.1 Å². The predicted molar refractivity (Wildman–Crippen MR) is 74.2 cm³/mol. The Balaban J connectivity index is 2.07. The van der Waals surface area contributed by atoms with E-state index < -0.39 is 0 Å². The molecule has 0 saturated carbocycles. The van der Waals surface area contributed by atoms with Crippen molar-refractivity contribution in [3.63, 3.8) is 0 Å². The number of guanidine groups is 1. The van der Waals surface area contributed by atoms with Crippen LogP contribution in [-0.2, 0) is 0 Å². The third-order valence-electron chi connectivity index (χ3n) is 3.52. The van der Waals surface area contributed by atoms with Crippen LogP contribution in [0, 0.1) is 5.92 Å². The van der Waals surface area contributed by atoms with Crippen LogP contribution in [0.15, 0.2) is 4.99 Å². The fourth-order valence-electron chi connectivity index (χ4n) is 2.28. The molecule has 0 atom stereocenters. The Morgan fingerprint density at radius 1 is 1.35 bits per heavy atom. The van der Waals surface area contributed by atoms with Crippen molar-refractivity contribution < 1.29 is 0 Å². The van der Waals surface area contributed by atoms with Gasteiger partial charge in [0.1, 0.15) is 0 Å². The standard InChI is InChI=1S/C13H28N4/c1-3-8-15-13(14)16-9-5-12-6-10-17(4-2)11-7-12/h12H,3-11H2,1-2H3,(H3,14,15,16). The van der Waals surface area contributed by atoms with E-state index in [1.165, 1.54) is 38.9 Å². The summed E-state index contributed by atoms with van der Waals surface area (Å²) in [5.41, 5.74) is 5.75. The first-order valence-electron chi connectivity index (χ1n) is 7.02. The second kappa shape index (κ2) is 8.34. The number of hydrogen-bond donors (Lipinski definition) is 2. The third kappa shape index (κ3) is 5.91. The summed E-state index contributed by atoms with van der Waals surface area (Å²) in [7, 11) is 0. The quantitative estimate of drug-likeness (QED) is 0.545. The molecule has 1 aliphatic heterocycles. The SMILES string of the molecule is CCCN=C(N)NCCC1CCN(CC)CC1. The molecule has 0 aromatic heterocycles. The minimum Gasteiger partial charge on any atom is -0.370 e. The van der Waals surface area contributed by atoms with Crippen LogP contribution in [0.1, 0.15) is 39.5 Å². The Morgan fingerprint density at radius 3 is 2.65 bits per heavy atom. The number of nitrogens with zero attached hydrogens (tertiary/aromatic N) is 2. The molecular formula is C13H28N4. The number of rotatable bonds is 6. The van der Waals surface area contributed by atoms with Crippen LogP contribution in [0.5, 0.6) is 0 Å². The lowest BCUT2D eigenvalue weighted by Crippen LogP contribution is -2.36. The highest BCUT2D eigenvalue weighted by Gasteiger charge is 2.17. The molecule has 1 fully saturated rings.